The molecule has 3 aromatic carbocycles. The molecule has 0 aliphatic heterocycles. The number of hydrogen-bond donors (Lipinski definition) is 1. The van der Waals surface area contributed by atoms with E-state index in [1.165, 1.54) is 43.4 Å². The minimum absolute atomic E-state index is 0.0117. The van der Waals surface area contributed by atoms with Gasteiger partial charge in [-0.1, -0.05) is 41.4 Å². The molecule has 3 rings (SSSR count). The Hall–Kier alpha value is -3.76. The molecule has 1 N–H and O–H groups in total. The summed E-state index contributed by atoms with van der Waals surface area (Å²) in [6, 6.07) is 16.8. The van der Waals surface area contributed by atoms with Gasteiger partial charge in [0.05, 0.1) is 24.8 Å². The highest BCUT2D eigenvalue weighted by molar-refractivity contribution is 7.92. The molecular weight excluding hydrogens is 566 g/mol. The van der Waals surface area contributed by atoms with Crippen LogP contribution in [0.15, 0.2) is 71.6 Å². The summed E-state index contributed by atoms with van der Waals surface area (Å²) in [5.74, 6) is -0.255. The number of anilines is 1. The van der Waals surface area contributed by atoms with E-state index < -0.39 is 28.5 Å². The lowest BCUT2D eigenvalue weighted by molar-refractivity contribution is -0.139. The molecule has 1 atom stereocenters. The van der Waals surface area contributed by atoms with Crippen LogP contribution in [0.5, 0.6) is 11.5 Å². The van der Waals surface area contributed by atoms with Gasteiger partial charge in [0.25, 0.3) is 10.0 Å². The number of carbonyl (C=O) groups is 2. The number of halogens is 1. The number of benzene rings is 3. The van der Waals surface area contributed by atoms with Crippen molar-refractivity contribution in [2.24, 2.45) is 0 Å². The Bertz CT molecular complexity index is 1480. The molecule has 0 bridgehead atoms. The third-order valence-corrected chi connectivity index (χ3v) is 8.41. The van der Waals surface area contributed by atoms with Crippen molar-refractivity contribution in [2.75, 3.05) is 25.1 Å². The van der Waals surface area contributed by atoms with Crippen molar-refractivity contribution in [3.8, 4) is 11.5 Å². The summed E-state index contributed by atoms with van der Waals surface area (Å²) in [4.78, 5) is 28.4. The van der Waals surface area contributed by atoms with Gasteiger partial charge >= 0.3 is 0 Å². The van der Waals surface area contributed by atoms with E-state index in [2.05, 4.69) is 5.32 Å². The largest absolute Gasteiger partial charge is 0.493 e. The van der Waals surface area contributed by atoms with Gasteiger partial charge < -0.3 is 19.7 Å². The monoisotopic (exact) mass is 601 g/mol. The minimum Gasteiger partial charge on any atom is -0.493 e. The first kappa shape index (κ1) is 31.8. The molecule has 0 fully saturated rings. The van der Waals surface area contributed by atoms with Crippen LogP contribution in [0.25, 0.3) is 0 Å². The van der Waals surface area contributed by atoms with Crippen LogP contribution in [0.4, 0.5) is 5.69 Å². The zero-order valence-electron chi connectivity index (χ0n) is 24.0. The van der Waals surface area contributed by atoms with E-state index in [1.54, 1.807) is 49.4 Å². The summed E-state index contributed by atoms with van der Waals surface area (Å²) in [7, 11) is -1.31. The Morgan fingerprint density at radius 1 is 0.927 bits per heavy atom. The SMILES string of the molecule is COc1ccc(N(CC(=O)N(Cc2cccc(Cl)c2)C(C)C(=O)NC(C)C)S(=O)(=O)c2ccc(C)cc2)cc1OC. The van der Waals surface area contributed by atoms with E-state index in [0.29, 0.717) is 22.1 Å². The van der Waals surface area contributed by atoms with Gasteiger partial charge in [0, 0.05) is 23.7 Å². The Balaban J connectivity index is 2.09. The molecule has 0 saturated carbocycles. The van der Waals surface area contributed by atoms with E-state index in [4.69, 9.17) is 21.1 Å². The average molecular weight is 602 g/mol. The van der Waals surface area contributed by atoms with Gasteiger partial charge in [-0.2, -0.15) is 0 Å². The van der Waals surface area contributed by atoms with Gasteiger partial charge in [-0.05, 0) is 69.7 Å². The fraction of sp³-hybridized carbons (Fsp3) is 0.333. The van der Waals surface area contributed by atoms with Gasteiger partial charge in [-0.3, -0.25) is 13.9 Å². The zero-order chi connectivity index (χ0) is 30.3. The number of amides is 2. The lowest BCUT2D eigenvalue weighted by atomic mass is 10.1. The zero-order valence-corrected chi connectivity index (χ0v) is 25.6. The topological polar surface area (TPSA) is 105 Å². The lowest BCUT2D eigenvalue weighted by Gasteiger charge is -2.32. The number of nitrogens with one attached hydrogen (secondary N) is 1. The van der Waals surface area contributed by atoms with Crippen molar-refractivity contribution in [1.82, 2.24) is 10.2 Å². The van der Waals surface area contributed by atoms with Crippen LogP contribution in [-0.4, -0.2) is 58.0 Å². The maximum Gasteiger partial charge on any atom is 0.264 e. The van der Waals surface area contributed by atoms with Gasteiger partial charge in [-0.25, -0.2) is 8.42 Å². The maximum absolute atomic E-state index is 14.0. The molecule has 0 spiro atoms. The molecule has 0 aliphatic rings. The summed E-state index contributed by atoms with van der Waals surface area (Å²) in [6.07, 6.45) is 0. The highest BCUT2D eigenvalue weighted by Crippen LogP contribution is 2.34. The second kappa shape index (κ2) is 13.7. The maximum atomic E-state index is 14.0. The molecule has 9 nitrogen and oxygen atoms in total. The highest BCUT2D eigenvalue weighted by atomic mass is 35.5. The van der Waals surface area contributed by atoms with E-state index in [-0.39, 0.29) is 29.1 Å². The van der Waals surface area contributed by atoms with Crippen LogP contribution < -0.4 is 19.1 Å². The summed E-state index contributed by atoms with van der Waals surface area (Å²) >= 11 is 6.18. The number of hydrogen-bond acceptors (Lipinski definition) is 6. The number of carbonyl (C=O) groups excluding carboxylic acids is 2. The van der Waals surface area contributed by atoms with Crippen LogP contribution in [0.1, 0.15) is 31.9 Å². The fourth-order valence-corrected chi connectivity index (χ4v) is 5.78. The molecule has 220 valence electrons. The number of methoxy groups -OCH3 is 2. The standard InChI is InChI=1S/C30H36ClN3O6S/c1-20(2)32-30(36)22(4)33(18-23-8-7-9-24(31)16-23)29(35)19-34(25-12-15-27(39-5)28(17-25)40-6)41(37,38)26-13-10-21(3)11-14-26/h7-17,20,22H,18-19H2,1-6H3,(H,32,36). The molecule has 3 aromatic rings. The quantitative estimate of drug-likeness (QED) is 0.320. The van der Waals surface area contributed by atoms with Crippen molar-refractivity contribution in [1.29, 1.82) is 0 Å². The molecule has 1 unspecified atom stereocenters. The van der Waals surface area contributed by atoms with Gasteiger partial charge in [0.1, 0.15) is 12.6 Å². The van der Waals surface area contributed by atoms with Crippen LogP contribution in [0.3, 0.4) is 0 Å². The predicted octanol–water partition coefficient (Wildman–Crippen LogP) is 4.80. The van der Waals surface area contributed by atoms with Crippen molar-refractivity contribution in [2.45, 2.75) is 51.2 Å². The Labute approximate surface area is 247 Å². The van der Waals surface area contributed by atoms with E-state index in [1.807, 2.05) is 20.8 Å². The smallest absolute Gasteiger partial charge is 0.264 e. The number of rotatable bonds is 12. The molecule has 11 heteroatoms. The van der Waals surface area contributed by atoms with E-state index in [0.717, 1.165) is 9.87 Å². The third-order valence-electron chi connectivity index (χ3n) is 6.38. The second-order valence-corrected chi connectivity index (χ2v) is 12.2. The van der Waals surface area contributed by atoms with Crippen molar-refractivity contribution < 1.29 is 27.5 Å². The number of sulfonamides is 1. The Morgan fingerprint density at radius 3 is 2.17 bits per heavy atom. The molecule has 0 saturated heterocycles. The van der Waals surface area contributed by atoms with Crippen LogP contribution in [0.2, 0.25) is 5.02 Å². The lowest BCUT2D eigenvalue weighted by Crippen LogP contribution is -2.52. The van der Waals surface area contributed by atoms with Crippen molar-refractivity contribution in [3.05, 3.63) is 82.9 Å². The molecule has 0 aromatic heterocycles. The highest BCUT2D eigenvalue weighted by Gasteiger charge is 2.33. The second-order valence-electron chi connectivity index (χ2n) is 9.85. The van der Waals surface area contributed by atoms with Gasteiger partial charge in [-0.15, -0.1) is 0 Å². The van der Waals surface area contributed by atoms with Gasteiger partial charge in [0.15, 0.2) is 11.5 Å². The minimum atomic E-state index is -4.22. The van der Waals surface area contributed by atoms with E-state index >= 15 is 0 Å². The predicted molar refractivity (Wildman–Crippen MR) is 160 cm³/mol. The van der Waals surface area contributed by atoms with Gasteiger partial charge in [0.2, 0.25) is 11.8 Å². The summed E-state index contributed by atoms with van der Waals surface area (Å²) in [6.45, 7) is 6.56. The first-order valence-electron chi connectivity index (χ1n) is 13.0. The van der Waals surface area contributed by atoms with Crippen molar-refractivity contribution >= 4 is 39.1 Å². The summed E-state index contributed by atoms with van der Waals surface area (Å²) in [5.41, 5.74) is 1.77. The van der Waals surface area contributed by atoms with Crippen molar-refractivity contribution in [3.63, 3.8) is 0 Å². The first-order valence-corrected chi connectivity index (χ1v) is 14.8. The molecule has 0 aliphatic carbocycles. The normalized spacial score (nSPS) is 12.0. The summed E-state index contributed by atoms with van der Waals surface area (Å²) in [5, 5.41) is 3.30. The number of ether oxygens (including phenoxy) is 2. The third kappa shape index (κ3) is 7.92. The van der Waals surface area contributed by atoms with Crippen LogP contribution in [0, 0.1) is 6.92 Å². The Morgan fingerprint density at radius 2 is 1.59 bits per heavy atom. The summed E-state index contributed by atoms with van der Waals surface area (Å²) < 4.78 is 39.7. The number of nitrogens with zero attached hydrogens (tertiary/aromatic N) is 2. The number of aryl methyl sites for hydroxylation is 1. The molecule has 2 amide bonds. The molecule has 0 heterocycles. The van der Waals surface area contributed by atoms with Crippen LogP contribution >= 0.6 is 11.6 Å². The fourth-order valence-electron chi connectivity index (χ4n) is 4.17. The molecular formula is C30H36ClN3O6S. The Kier molecular flexibility index (Phi) is 10.6. The first-order chi connectivity index (χ1) is 19.4. The molecule has 0 radical (unpaired) electrons. The average Bonchev–Trinajstić information content (AvgIpc) is 2.93. The van der Waals surface area contributed by atoms with E-state index in [9.17, 15) is 18.0 Å². The van der Waals surface area contributed by atoms with Crippen LogP contribution in [-0.2, 0) is 26.2 Å². The molecule has 41 heavy (non-hydrogen) atoms.